The van der Waals surface area contributed by atoms with E-state index in [-0.39, 0.29) is 5.71 Å². The van der Waals surface area contributed by atoms with Crippen LogP contribution in [0.15, 0.2) is 29.4 Å². The molecule has 0 saturated carbocycles. The summed E-state index contributed by atoms with van der Waals surface area (Å²) < 4.78 is 0. The topological polar surface area (TPSA) is 73.1 Å². The first kappa shape index (κ1) is 9.67. The van der Waals surface area contributed by atoms with Gasteiger partial charge in [0.25, 0.3) is 5.91 Å². The fourth-order valence-corrected chi connectivity index (χ4v) is 1.67. The zero-order valence-electron chi connectivity index (χ0n) is 8.08. The molecule has 0 bridgehead atoms. The van der Waals surface area contributed by atoms with Gasteiger partial charge in [-0.2, -0.15) is 0 Å². The molecule has 1 aliphatic heterocycles. The second-order valence-electron chi connectivity index (χ2n) is 3.31. The molecule has 1 atom stereocenters. The summed E-state index contributed by atoms with van der Waals surface area (Å²) in [5.41, 5.74) is 0.936. The molecule has 5 heteroatoms. The monoisotopic (exact) mass is 206 g/mol. The first-order valence-electron chi connectivity index (χ1n) is 4.44. The number of anilines is 1. The molecule has 1 amide bonds. The highest BCUT2D eigenvalue weighted by molar-refractivity contribution is 6.46. The number of aliphatic hydroxyl groups excluding tert-OH is 1. The molecule has 5 nitrogen and oxygen atoms in total. The fraction of sp³-hybridized carbons (Fsp3) is 0.200. The second-order valence-corrected chi connectivity index (χ2v) is 3.31. The van der Waals surface area contributed by atoms with Crippen molar-refractivity contribution in [3.8, 4) is 0 Å². The molecule has 1 aliphatic rings. The van der Waals surface area contributed by atoms with Gasteiger partial charge in [-0.3, -0.25) is 4.79 Å². The van der Waals surface area contributed by atoms with E-state index >= 15 is 0 Å². The van der Waals surface area contributed by atoms with Gasteiger partial charge in [-0.15, -0.1) is 0 Å². The number of fused-ring (bicyclic) bond motifs is 1. The molecular formula is C10H10N2O3. The number of hydrogen-bond donors (Lipinski definition) is 2. The van der Waals surface area contributed by atoms with Crippen LogP contribution in [-0.4, -0.2) is 29.0 Å². The lowest BCUT2D eigenvalue weighted by atomic mass is 9.97. The van der Waals surface area contributed by atoms with Crippen LogP contribution in [0, 0.1) is 0 Å². The maximum Gasteiger partial charge on any atom is 0.278 e. The van der Waals surface area contributed by atoms with E-state index < -0.39 is 12.0 Å². The summed E-state index contributed by atoms with van der Waals surface area (Å²) in [5, 5.41) is 21.3. The van der Waals surface area contributed by atoms with E-state index in [9.17, 15) is 9.90 Å². The van der Waals surface area contributed by atoms with Gasteiger partial charge in [0.1, 0.15) is 6.10 Å². The van der Waals surface area contributed by atoms with Crippen LogP contribution in [0.3, 0.4) is 0 Å². The van der Waals surface area contributed by atoms with Gasteiger partial charge in [-0.1, -0.05) is 23.4 Å². The number of amides is 1. The molecule has 1 heterocycles. The lowest BCUT2D eigenvalue weighted by Crippen LogP contribution is -2.41. The third kappa shape index (κ3) is 1.28. The smallest absolute Gasteiger partial charge is 0.278 e. The quantitative estimate of drug-likeness (QED) is 0.480. The van der Waals surface area contributed by atoms with Gasteiger partial charge >= 0.3 is 0 Å². The van der Waals surface area contributed by atoms with E-state index in [0.29, 0.717) is 11.3 Å². The Bertz CT molecular complexity index is 442. The van der Waals surface area contributed by atoms with E-state index in [0.717, 1.165) is 0 Å². The maximum absolute atomic E-state index is 11.6. The third-order valence-electron chi connectivity index (χ3n) is 2.48. The Hall–Kier alpha value is -1.88. The van der Waals surface area contributed by atoms with Gasteiger partial charge in [0, 0.05) is 18.3 Å². The van der Waals surface area contributed by atoms with Crippen LogP contribution < -0.4 is 4.90 Å². The number of nitrogens with zero attached hydrogens (tertiary/aromatic N) is 2. The van der Waals surface area contributed by atoms with Crippen LogP contribution in [0.5, 0.6) is 0 Å². The summed E-state index contributed by atoms with van der Waals surface area (Å²) in [5.74, 6) is -0.497. The minimum Gasteiger partial charge on any atom is -0.410 e. The molecule has 0 saturated heterocycles. The predicted molar refractivity (Wildman–Crippen MR) is 54.0 cm³/mol. The largest absolute Gasteiger partial charge is 0.410 e. The molecule has 0 radical (unpaired) electrons. The van der Waals surface area contributed by atoms with Gasteiger partial charge in [-0.05, 0) is 6.07 Å². The minimum atomic E-state index is -1.16. The molecule has 1 aromatic rings. The van der Waals surface area contributed by atoms with Gasteiger partial charge in [-0.25, -0.2) is 0 Å². The van der Waals surface area contributed by atoms with Crippen molar-refractivity contribution >= 4 is 17.3 Å². The summed E-state index contributed by atoms with van der Waals surface area (Å²) in [6.45, 7) is 0. The normalized spacial score (nSPS) is 23.1. The van der Waals surface area contributed by atoms with Crippen LogP contribution in [-0.2, 0) is 4.79 Å². The van der Waals surface area contributed by atoms with Crippen molar-refractivity contribution in [1.29, 1.82) is 0 Å². The highest BCUT2D eigenvalue weighted by Gasteiger charge is 2.34. The first-order valence-corrected chi connectivity index (χ1v) is 4.44. The van der Waals surface area contributed by atoms with Gasteiger partial charge in [0.05, 0.1) is 0 Å². The zero-order valence-corrected chi connectivity index (χ0v) is 8.08. The average molecular weight is 206 g/mol. The molecule has 78 valence electrons. The first-order chi connectivity index (χ1) is 7.16. The Labute approximate surface area is 86.2 Å². The Balaban J connectivity index is 2.62. The third-order valence-corrected chi connectivity index (χ3v) is 2.48. The fourth-order valence-electron chi connectivity index (χ4n) is 1.67. The number of rotatable bonds is 0. The molecule has 2 N–H and O–H groups in total. The number of hydrogen-bond acceptors (Lipinski definition) is 4. The van der Waals surface area contributed by atoms with Crippen LogP contribution in [0.1, 0.15) is 11.7 Å². The highest BCUT2D eigenvalue weighted by atomic mass is 16.4. The maximum atomic E-state index is 11.6. The second kappa shape index (κ2) is 3.36. The molecule has 1 aromatic carbocycles. The zero-order chi connectivity index (χ0) is 11.0. The summed E-state index contributed by atoms with van der Waals surface area (Å²) in [7, 11) is 1.57. The van der Waals surface area contributed by atoms with Crippen LogP contribution in [0.2, 0.25) is 0 Å². The molecular weight excluding hydrogens is 196 g/mol. The Morgan fingerprint density at radius 2 is 2.07 bits per heavy atom. The number of oxime groups is 1. The molecule has 0 spiro atoms. The summed E-state index contributed by atoms with van der Waals surface area (Å²) >= 11 is 0. The molecule has 0 aliphatic carbocycles. The van der Waals surface area contributed by atoms with Gasteiger partial charge in [0.15, 0.2) is 5.71 Å². The lowest BCUT2D eigenvalue weighted by molar-refractivity contribution is -0.113. The predicted octanol–water partition coefficient (Wildman–Crippen LogP) is 0.527. The van der Waals surface area contributed by atoms with Crippen molar-refractivity contribution < 1.29 is 15.1 Å². The number of carbonyl (C=O) groups excluding carboxylic acids is 1. The van der Waals surface area contributed by atoms with E-state index in [2.05, 4.69) is 5.16 Å². The van der Waals surface area contributed by atoms with Crippen molar-refractivity contribution in [3.05, 3.63) is 29.8 Å². The standard InChI is InChI=1S/C10H10N2O3/c1-12-7-5-3-2-4-6(7)9(13)8(11-15)10(12)14/h2-5,9,13,15H,1H3/b11-8-. The summed E-state index contributed by atoms with van der Waals surface area (Å²) in [4.78, 5) is 12.9. The van der Waals surface area contributed by atoms with Gasteiger partial charge in [0.2, 0.25) is 0 Å². The molecule has 0 aromatic heterocycles. The lowest BCUT2D eigenvalue weighted by Gasteiger charge is -2.29. The van der Waals surface area contributed by atoms with Crippen LogP contribution >= 0.6 is 0 Å². The van der Waals surface area contributed by atoms with E-state index in [1.807, 2.05) is 0 Å². The SMILES string of the molecule is CN1C(=O)/C(=N\O)C(O)c2ccccc21. The number of aliphatic hydroxyl groups is 1. The van der Waals surface area contributed by atoms with Crippen molar-refractivity contribution in [3.63, 3.8) is 0 Å². The highest BCUT2D eigenvalue weighted by Crippen LogP contribution is 2.31. The minimum absolute atomic E-state index is 0.254. The van der Waals surface area contributed by atoms with Crippen molar-refractivity contribution in [2.24, 2.45) is 5.16 Å². The van der Waals surface area contributed by atoms with Crippen molar-refractivity contribution in [2.45, 2.75) is 6.10 Å². The molecule has 0 fully saturated rings. The van der Waals surface area contributed by atoms with Crippen molar-refractivity contribution in [1.82, 2.24) is 0 Å². The Morgan fingerprint density at radius 3 is 2.73 bits per heavy atom. The van der Waals surface area contributed by atoms with Crippen LogP contribution in [0.25, 0.3) is 0 Å². The number of para-hydroxylation sites is 1. The summed E-state index contributed by atoms with van der Waals surface area (Å²) in [6, 6.07) is 6.94. The Kier molecular flexibility index (Phi) is 2.17. The Morgan fingerprint density at radius 1 is 1.40 bits per heavy atom. The van der Waals surface area contributed by atoms with E-state index in [1.54, 1.807) is 31.3 Å². The molecule has 2 rings (SSSR count). The summed E-state index contributed by atoms with van der Waals surface area (Å²) in [6.07, 6.45) is -1.16. The molecule has 1 unspecified atom stereocenters. The van der Waals surface area contributed by atoms with Gasteiger partial charge < -0.3 is 15.2 Å². The average Bonchev–Trinajstić information content (AvgIpc) is 2.27. The van der Waals surface area contributed by atoms with Crippen LogP contribution in [0.4, 0.5) is 5.69 Å². The van der Waals surface area contributed by atoms with Crippen molar-refractivity contribution in [2.75, 3.05) is 11.9 Å². The van der Waals surface area contributed by atoms with E-state index in [1.165, 1.54) is 4.90 Å². The molecule has 15 heavy (non-hydrogen) atoms. The van der Waals surface area contributed by atoms with E-state index in [4.69, 9.17) is 5.21 Å². The number of benzene rings is 1. The number of carbonyl (C=O) groups is 1.